The van der Waals surface area contributed by atoms with Gasteiger partial charge < -0.3 is 5.32 Å². The average Bonchev–Trinajstić information content (AvgIpc) is 2.26. The van der Waals surface area contributed by atoms with Crippen molar-refractivity contribution in [2.24, 2.45) is 0 Å². The topological polar surface area (TPSA) is 15.3 Å². The first-order valence-electron chi connectivity index (χ1n) is 6.81. The molecule has 1 rings (SSSR count). The fourth-order valence-corrected chi connectivity index (χ4v) is 1.70. The van der Waals surface area contributed by atoms with Crippen LogP contribution in [0.1, 0.15) is 45.7 Å². The van der Waals surface area contributed by atoms with Gasteiger partial charge in [0.25, 0.3) is 0 Å². The molecular formula is C16H28N2. The number of nitrogens with one attached hydrogen (secondary N) is 1. The molecule has 1 N–H and O–H groups in total. The Morgan fingerprint density at radius 2 is 1.67 bits per heavy atom. The summed E-state index contributed by atoms with van der Waals surface area (Å²) < 4.78 is 0. The number of nitrogens with zero attached hydrogens (tertiary/aromatic N) is 1. The first-order valence-corrected chi connectivity index (χ1v) is 6.81. The number of hydrogen-bond donors (Lipinski definition) is 1. The second-order valence-corrected chi connectivity index (χ2v) is 6.38. The highest BCUT2D eigenvalue weighted by Crippen LogP contribution is 2.13. The third-order valence-corrected chi connectivity index (χ3v) is 3.23. The van der Waals surface area contributed by atoms with Gasteiger partial charge in [-0.25, -0.2) is 0 Å². The van der Waals surface area contributed by atoms with E-state index in [9.17, 15) is 0 Å². The first-order chi connectivity index (χ1) is 8.29. The predicted molar refractivity (Wildman–Crippen MR) is 79.6 cm³/mol. The van der Waals surface area contributed by atoms with Crippen molar-refractivity contribution < 1.29 is 0 Å². The molecule has 1 aromatic rings. The third kappa shape index (κ3) is 5.19. The molecule has 0 aliphatic rings. The summed E-state index contributed by atoms with van der Waals surface area (Å²) in [5.74, 6) is 0. The molecule has 2 heteroatoms. The van der Waals surface area contributed by atoms with Gasteiger partial charge in [0, 0.05) is 24.7 Å². The van der Waals surface area contributed by atoms with E-state index in [0.717, 1.165) is 13.1 Å². The van der Waals surface area contributed by atoms with Gasteiger partial charge >= 0.3 is 0 Å². The summed E-state index contributed by atoms with van der Waals surface area (Å²) in [6.07, 6.45) is 0. The monoisotopic (exact) mass is 248 g/mol. The van der Waals surface area contributed by atoms with Crippen molar-refractivity contribution in [1.29, 1.82) is 0 Å². The van der Waals surface area contributed by atoms with Crippen LogP contribution in [0.3, 0.4) is 0 Å². The van der Waals surface area contributed by atoms with Crippen LogP contribution in [0, 0.1) is 0 Å². The molecular weight excluding hydrogens is 220 g/mol. The lowest BCUT2D eigenvalue weighted by atomic mass is 10.0. The molecule has 0 atom stereocenters. The standard InChI is InChI=1S/C16H28N2/c1-13(2)18(6)12-15-10-8-7-9-14(15)11-17-16(3,4)5/h7-10,13,17H,11-12H2,1-6H3. The van der Waals surface area contributed by atoms with Gasteiger partial charge in [-0.05, 0) is 52.8 Å². The summed E-state index contributed by atoms with van der Waals surface area (Å²) in [6.45, 7) is 13.0. The van der Waals surface area contributed by atoms with E-state index in [4.69, 9.17) is 0 Å². The van der Waals surface area contributed by atoms with Crippen molar-refractivity contribution in [3.05, 3.63) is 35.4 Å². The smallest absolute Gasteiger partial charge is 0.0236 e. The van der Waals surface area contributed by atoms with Gasteiger partial charge in [-0.15, -0.1) is 0 Å². The molecule has 2 nitrogen and oxygen atoms in total. The van der Waals surface area contributed by atoms with E-state index in [1.54, 1.807) is 0 Å². The molecule has 102 valence electrons. The highest BCUT2D eigenvalue weighted by atomic mass is 15.1. The minimum atomic E-state index is 0.164. The molecule has 0 fully saturated rings. The summed E-state index contributed by atoms with van der Waals surface area (Å²) >= 11 is 0. The van der Waals surface area contributed by atoms with E-state index in [2.05, 4.69) is 76.1 Å². The van der Waals surface area contributed by atoms with E-state index in [1.165, 1.54) is 11.1 Å². The van der Waals surface area contributed by atoms with Crippen molar-refractivity contribution in [2.75, 3.05) is 7.05 Å². The largest absolute Gasteiger partial charge is 0.308 e. The molecule has 18 heavy (non-hydrogen) atoms. The molecule has 1 aromatic carbocycles. The highest BCUT2D eigenvalue weighted by molar-refractivity contribution is 5.27. The predicted octanol–water partition coefficient (Wildman–Crippen LogP) is 3.41. The fraction of sp³-hybridized carbons (Fsp3) is 0.625. The van der Waals surface area contributed by atoms with Crippen LogP contribution in [-0.4, -0.2) is 23.5 Å². The minimum absolute atomic E-state index is 0.164. The summed E-state index contributed by atoms with van der Waals surface area (Å²) in [5, 5.41) is 3.56. The van der Waals surface area contributed by atoms with E-state index in [1.807, 2.05) is 0 Å². The summed E-state index contributed by atoms with van der Waals surface area (Å²) in [4.78, 5) is 2.37. The van der Waals surface area contributed by atoms with Gasteiger partial charge in [0.2, 0.25) is 0 Å². The second kappa shape index (κ2) is 6.35. The first kappa shape index (κ1) is 15.2. The molecule has 0 saturated carbocycles. The Kier molecular flexibility index (Phi) is 5.36. The van der Waals surface area contributed by atoms with Crippen molar-refractivity contribution in [1.82, 2.24) is 10.2 Å². The number of rotatable bonds is 5. The lowest BCUT2D eigenvalue weighted by Crippen LogP contribution is -2.35. The van der Waals surface area contributed by atoms with Crippen LogP contribution in [0.4, 0.5) is 0 Å². The summed E-state index contributed by atoms with van der Waals surface area (Å²) in [5.41, 5.74) is 2.99. The summed E-state index contributed by atoms with van der Waals surface area (Å²) in [6, 6.07) is 9.29. The van der Waals surface area contributed by atoms with Crippen LogP contribution >= 0.6 is 0 Å². The third-order valence-electron chi connectivity index (χ3n) is 3.23. The van der Waals surface area contributed by atoms with E-state index in [0.29, 0.717) is 6.04 Å². The van der Waals surface area contributed by atoms with Gasteiger partial charge in [0.1, 0.15) is 0 Å². The quantitative estimate of drug-likeness (QED) is 0.859. The number of hydrogen-bond acceptors (Lipinski definition) is 2. The Morgan fingerprint density at radius 1 is 1.11 bits per heavy atom. The van der Waals surface area contributed by atoms with Crippen molar-refractivity contribution in [3.63, 3.8) is 0 Å². The molecule has 0 heterocycles. The van der Waals surface area contributed by atoms with Crippen molar-refractivity contribution >= 4 is 0 Å². The van der Waals surface area contributed by atoms with Crippen molar-refractivity contribution in [3.8, 4) is 0 Å². The van der Waals surface area contributed by atoms with Crippen molar-refractivity contribution in [2.45, 2.75) is 59.3 Å². The molecule has 0 aromatic heterocycles. The normalized spacial score (nSPS) is 12.4. The van der Waals surface area contributed by atoms with Crippen LogP contribution < -0.4 is 5.32 Å². The average molecular weight is 248 g/mol. The van der Waals surface area contributed by atoms with Crippen LogP contribution in [0.5, 0.6) is 0 Å². The molecule has 0 spiro atoms. The Morgan fingerprint density at radius 3 is 2.17 bits per heavy atom. The Balaban J connectivity index is 2.73. The number of benzene rings is 1. The lowest BCUT2D eigenvalue weighted by Gasteiger charge is -2.25. The zero-order chi connectivity index (χ0) is 13.8. The molecule has 0 amide bonds. The summed E-state index contributed by atoms with van der Waals surface area (Å²) in [7, 11) is 2.18. The van der Waals surface area contributed by atoms with Gasteiger partial charge in [-0.2, -0.15) is 0 Å². The van der Waals surface area contributed by atoms with Gasteiger partial charge in [0.05, 0.1) is 0 Å². The zero-order valence-corrected chi connectivity index (χ0v) is 12.7. The Hall–Kier alpha value is -0.860. The van der Waals surface area contributed by atoms with Gasteiger partial charge in [-0.3, -0.25) is 4.90 Å². The Bertz CT molecular complexity index is 364. The maximum absolute atomic E-state index is 3.56. The maximum Gasteiger partial charge on any atom is 0.0236 e. The maximum atomic E-state index is 3.56. The van der Waals surface area contributed by atoms with Crippen LogP contribution in [-0.2, 0) is 13.1 Å². The van der Waals surface area contributed by atoms with Crippen LogP contribution in [0.15, 0.2) is 24.3 Å². The lowest BCUT2D eigenvalue weighted by molar-refractivity contribution is 0.264. The van der Waals surface area contributed by atoms with Gasteiger partial charge in [-0.1, -0.05) is 24.3 Å². The fourth-order valence-electron chi connectivity index (χ4n) is 1.70. The zero-order valence-electron chi connectivity index (χ0n) is 12.7. The molecule has 0 bridgehead atoms. The molecule has 0 saturated heterocycles. The Labute approximate surface area is 112 Å². The SMILES string of the molecule is CC(C)N(C)Cc1ccccc1CNC(C)(C)C. The van der Waals surface area contributed by atoms with E-state index < -0.39 is 0 Å². The molecule has 0 aliphatic carbocycles. The molecule has 0 radical (unpaired) electrons. The van der Waals surface area contributed by atoms with Crippen LogP contribution in [0.25, 0.3) is 0 Å². The van der Waals surface area contributed by atoms with Crippen LogP contribution in [0.2, 0.25) is 0 Å². The molecule has 0 aliphatic heterocycles. The van der Waals surface area contributed by atoms with E-state index in [-0.39, 0.29) is 5.54 Å². The minimum Gasteiger partial charge on any atom is -0.308 e. The van der Waals surface area contributed by atoms with Gasteiger partial charge in [0.15, 0.2) is 0 Å². The van der Waals surface area contributed by atoms with E-state index >= 15 is 0 Å². The molecule has 0 unspecified atom stereocenters. The highest BCUT2D eigenvalue weighted by Gasteiger charge is 2.11. The second-order valence-electron chi connectivity index (χ2n) is 6.38.